The maximum Gasteiger partial charge on any atom is 0.237 e. The van der Waals surface area contributed by atoms with Crippen molar-refractivity contribution < 1.29 is 4.52 Å². The molecule has 1 aliphatic rings. The van der Waals surface area contributed by atoms with Crippen LogP contribution in [0.25, 0.3) is 10.7 Å². The number of hydrogen-bond donors (Lipinski definition) is 0. The van der Waals surface area contributed by atoms with E-state index in [9.17, 15) is 0 Å². The molecule has 21 heavy (non-hydrogen) atoms. The molecule has 0 saturated heterocycles. The van der Waals surface area contributed by atoms with Crippen molar-refractivity contribution in [2.45, 2.75) is 29.8 Å². The third kappa shape index (κ3) is 2.87. The Bertz CT molecular complexity index is 764. The monoisotopic (exact) mass is 384 g/mol. The van der Waals surface area contributed by atoms with E-state index in [1.165, 1.54) is 11.8 Å². The molecule has 108 valence electrons. The lowest BCUT2D eigenvalue weighted by Crippen LogP contribution is -1.98. The molecule has 7 nitrogen and oxygen atoms in total. The summed E-state index contributed by atoms with van der Waals surface area (Å²) >= 11 is 6.50. The van der Waals surface area contributed by atoms with E-state index in [-0.39, 0.29) is 0 Å². The Morgan fingerprint density at radius 2 is 2.38 bits per heavy atom. The summed E-state index contributed by atoms with van der Waals surface area (Å²) in [5.41, 5.74) is 0. The van der Waals surface area contributed by atoms with Gasteiger partial charge in [0.05, 0.1) is 16.7 Å². The Balaban J connectivity index is 1.45. The molecular formula is C11H9BrN6OS2. The summed E-state index contributed by atoms with van der Waals surface area (Å²) in [7, 11) is 0. The molecule has 4 rings (SSSR count). The molecule has 1 aliphatic carbocycles. The van der Waals surface area contributed by atoms with Crippen LogP contribution in [0.3, 0.4) is 0 Å². The Morgan fingerprint density at radius 1 is 1.48 bits per heavy atom. The maximum absolute atomic E-state index is 5.27. The van der Waals surface area contributed by atoms with Crippen molar-refractivity contribution in [2.24, 2.45) is 0 Å². The smallest absolute Gasteiger partial charge is 0.237 e. The molecular weight excluding hydrogens is 376 g/mol. The summed E-state index contributed by atoms with van der Waals surface area (Å²) in [5.74, 6) is 1.75. The highest BCUT2D eigenvalue weighted by atomic mass is 79.9. The van der Waals surface area contributed by atoms with Gasteiger partial charge in [0.25, 0.3) is 0 Å². The minimum absolute atomic E-state index is 0.462. The summed E-state index contributed by atoms with van der Waals surface area (Å²) in [6, 6.07) is 2.43. The first-order valence-electron chi connectivity index (χ1n) is 6.27. The van der Waals surface area contributed by atoms with Gasteiger partial charge in [-0.3, -0.25) is 0 Å². The summed E-state index contributed by atoms with van der Waals surface area (Å²) < 4.78 is 8.17. The van der Waals surface area contributed by atoms with Crippen LogP contribution in [0.1, 0.15) is 24.8 Å². The number of thiophene rings is 1. The van der Waals surface area contributed by atoms with Gasteiger partial charge in [0.1, 0.15) is 0 Å². The number of rotatable bonds is 5. The molecule has 0 atom stereocenters. The van der Waals surface area contributed by atoms with Crippen LogP contribution in [0.2, 0.25) is 0 Å². The molecule has 1 saturated carbocycles. The Labute approximate surface area is 136 Å². The Morgan fingerprint density at radius 3 is 3.14 bits per heavy atom. The molecule has 3 aromatic rings. The lowest BCUT2D eigenvalue weighted by atomic mass is 10.4. The van der Waals surface area contributed by atoms with E-state index in [4.69, 9.17) is 4.52 Å². The topological polar surface area (TPSA) is 82.5 Å². The fraction of sp³-hybridized carbons (Fsp3) is 0.364. The van der Waals surface area contributed by atoms with Crippen LogP contribution in [-0.2, 0) is 5.75 Å². The lowest BCUT2D eigenvalue weighted by molar-refractivity contribution is 0.391. The van der Waals surface area contributed by atoms with Gasteiger partial charge in [-0.15, -0.1) is 16.4 Å². The SMILES string of the molecule is Brc1csc(-c2noc(CSc3nnnn3C3CC3)n2)c1. The third-order valence-corrected chi connectivity index (χ3v) is 5.54. The highest BCUT2D eigenvalue weighted by Crippen LogP contribution is 2.37. The number of hydrogen-bond acceptors (Lipinski definition) is 8. The van der Waals surface area contributed by atoms with Crippen molar-refractivity contribution in [3.63, 3.8) is 0 Å². The Hall–Kier alpha value is -1.26. The third-order valence-electron chi connectivity index (χ3n) is 2.94. The van der Waals surface area contributed by atoms with Crippen LogP contribution < -0.4 is 0 Å². The van der Waals surface area contributed by atoms with E-state index >= 15 is 0 Å². The van der Waals surface area contributed by atoms with E-state index in [0.717, 1.165) is 27.3 Å². The maximum atomic E-state index is 5.27. The van der Waals surface area contributed by atoms with Crippen LogP contribution in [0.15, 0.2) is 25.6 Å². The zero-order valence-electron chi connectivity index (χ0n) is 10.6. The molecule has 1 fully saturated rings. The van der Waals surface area contributed by atoms with E-state index in [0.29, 0.717) is 23.5 Å². The molecule has 0 radical (unpaired) electrons. The molecule has 3 aromatic heterocycles. The highest BCUT2D eigenvalue weighted by molar-refractivity contribution is 9.10. The minimum atomic E-state index is 0.462. The zero-order chi connectivity index (χ0) is 14.2. The van der Waals surface area contributed by atoms with Crippen LogP contribution >= 0.6 is 39.0 Å². The quantitative estimate of drug-likeness (QED) is 0.624. The fourth-order valence-corrected chi connectivity index (χ4v) is 3.93. The largest absolute Gasteiger partial charge is 0.338 e. The summed E-state index contributed by atoms with van der Waals surface area (Å²) in [4.78, 5) is 5.37. The minimum Gasteiger partial charge on any atom is -0.338 e. The van der Waals surface area contributed by atoms with Crippen molar-refractivity contribution in [1.82, 2.24) is 30.3 Å². The molecule has 0 aromatic carbocycles. The van der Waals surface area contributed by atoms with Gasteiger partial charge in [0, 0.05) is 9.85 Å². The van der Waals surface area contributed by atoms with Crippen LogP contribution in [-0.4, -0.2) is 30.3 Å². The van der Waals surface area contributed by atoms with E-state index in [1.807, 2.05) is 16.1 Å². The average molecular weight is 385 g/mol. The predicted octanol–water partition coefficient (Wildman–Crippen LogP) is 3.17. The summed E-state index contributed by atoms with van der Waals surface area (Å²) in [6.45, 7) is 0. The van der Waals surface area contributed by atoms with Gasteiger partial charge >= 0.3 is 0 Å². The van der Waals surface area contributed by atoms with Gasteiger partial charge in [-0.1, -0.05) is 16.9 Å². The number of halogens is 1. The van der Waals surface area contributed by atoms with Crippen LogP contribution in [0, 0.1) is 0 Å². The molecule has 3 heterocycles. The van der Waals surface area contributed by atoms with Gasteiger partial charge in [-0.05, 0) is 45.3 Å². The van der Waals surface area contributed by atoms with Crippen molar-refractivity contribution in [3.8, 4) is 10.7 Å². The molecule has 0 bridgehead atoms. The lowest BCUT2D eigenvalue weighted by Gasteiger charge is -1.98. The van der Waals surface area contributed by atoms with Crippen molar-refractivity contribution in [1.29, 1.82) is 0 Å². The van der Waals surface area contributed by atoms with Crippen LogP contribution in [0.5, 0.6) is 0 Å². The summed E-state index contributed by atoms with van der Waals surface area (Å²) in [5, 5.41) is 18.6. The van der Waals surface area contributed by atoms with E-state index < -0.39 is 0 Å². The van der Waals surface area contributed by atoms with E-state index in [2.05, 4.69) is 41.6 Å². The molecule has 0 aliphatic heterocycles. The van der Waals surface area contributed by atoms with Crippen molar-refractivity contribution >= 4 is 39.0 Å². The van der Waals surface area contributed by atoms with Crippen LogP contribution in [0.4, 0.5) is 0 Å². The first-order chi connectivity index (χ1) is 10.3. The first-order valence-corrected chi connectivity index (χ1v) is 8.93. The normalized spacial score (nSPS) is 14.7. The molecule has 0 spiro atoms. The van der Waals surface area contributed by atoms with Gasteiger partial charge in [0.15, 0.2) is 0 Å². The fourth-order valence-electron chi connectivity index (χ4n) is 1.80. The Kier molecular flexibility index (Phi) is 3.51. The number of thioether (sulfide) groups is 1. The number of tetrazole rings is 1. The van der Waals surface area contributed by atoms with Gasteiger partial charge < -0.3 is 4.52 Å². The second kappa shape index (κ2) is 5.50. The second-order valence-corrected chi connectivity index (χ2v) is 7.34. The standard InChI is InChI=1S/C11H9BrN6OS2/c12-6-3-8(20-4-6)10-13-9(19-15-10)5-21-11-14-16-17-18(11)7-1-2-7/h3-4,7H,1-2,5H2. The number of nitrogens with zero attached hydrogens (tertiary/aromatic N) is 6. The van der Waals surface area contributed by atoms with Crippen molar-refractivity contribution in [2.75, 3.05) is 0 Å². The van der Waals surface area contributed by atoms with Crippen molar-refractivity contribution in [3.05, 3.63) is 21.8 Å². The number of aromatic nitrogens is 6. The predicted molar refractivity (Wildman–Crippen MR) is 81.0 cm³/mol. The molecule has 0 unspecified atom stereocenters. The average Bonchev–Trinajstić information content (AvgIpc) is 2.92. The highest BCUT2D eigenvalue weighted by Gasteiger charge is 2.28. The van der Waals surface area contributed by atoms with Gasteiger partial charge in [-0.25, -0.2) is 4.68 Å². The molecule has 10 heteroatoms. The van der Waals surface area contributed by atoms with Gasteiger partial charge in [-0.2, -0.15) is 4.98 Å². The van der Waals surface area contributed by atoms with Gasteiger partial charge in [0.2, 0.25) is 16.9 Å². The first kappa shape index (κ1) is 13.4. The second-order valence-electron chi connectivity index (χ2n) is 4.57. The molecule has 0 amide bonds. The summed E-state index contributed by atoms with van der Waals surface area (Å²) in [6.07, 6.45) is 2.30. The zero-order valence-corrected chi connectivity index (χ0v) is 13.9. The van der Waals surface area contributed by atoms with E-state index in [1.54, 1.807) is 11.3 Å². The molecule has 0 N–H and O–H groups in total.